The molecule has 2 heterocycles. The lowest BCUT2D eigenvalue weighted by Gasteiger charge is -2.23. The van der Waals surface area contributed by atoms with Gasteiger partial charge in [0.2, 0.25) is 0 Å². The average Bonchev–Trinajstić information content (AvgIpc) is 2.96. The predicted octanol–water partition coefficient (Wildman–Crippen LogP) is 2.31. The SMILES string of the molecule is CCCC1(C(=O)O)CCN(C(=O)c2ccc(C)o2)C1. The molecule has 0 spiro atoms. The van der Waals surface area contributed by atoms with Crippen LogP contribution < -0.4 is 0 Å². The summed E-state index contributed by atoms with van der Waals surface area (Å²) in [6.45, 7) is 4.49. The van der Waals surface area contributed by atoms with Crippen molar-refractivity contribution in [1.29, 1.82) is 0 Å². The normalized spacial score (nSPS) is 22.7. The molecule has 1 aromatic heterocycles. The molecule has 104 valence electrons. The molecular formula is C14H19NO4. The molecule has 1 atom stereocenters. The van der Waals surface area contributed by atoms with Crippen LogP contribution in [0.5, 0.6) is 0 Å². The van der Waals surface area contributed by atoms with Crippen molar-refractivity contribution in [3.63, 3.8) is 0 Å². The third kappa shape index (κ3) is 2.50. The van der Waals surface area contributed by atoms with Gasteiger partial charge in [-0.3, -0.25) is 9.59 Å². The molecule has 1 saturated heterocycles. The summed E-state index contributed by atoms with van der Waals surface area (Å²) >= 11 is 0. The molecule has 2 rings (SSSR count). The van der Waals surface area contributed by atoms with Crippen molar-refractivity contribution in [3.05, 3.63) is 23.7 Å². The van der Waals surface area contributed by atoms with Crippen LogP contribution in [0, 0.1) is 12.3 Å². The molecule has 5 heteroatoms. The summed E-state index contributed by atoms with van der Waals surface area (Å²) in [6.07, 6.45) is 1.92. The van der Waals surface area contributed by atoms with Gasteiger partial charge in [0.15, 0.2) is 5.76 Å². The second-order valence-corrected chi connectivity index (χ2v) is 5.22. The summed E-state index contributed by atoms with van der Waals surface area (Å²) in [7, 11) is 0. The number of carbonyl (C=O) groups excluding carboxylic acids is 1. The monoisotopic (exact) mass is 265 g/mol. The van der Waals surface area contributed by atoms with E-state index in [4.69, 9.17) is 4.42 Å². The van der Waals surface area contributed by atoms with Crippen LogP contribution in [0.15, 0.2) is 16.5 Å². The number of hydrogen-bond acceptors (Lipinski definition) is 3. The first-order valence-electron chi connectivity index (χ1n) is 6.57. The Balaban J connectivity index is 2.13. The van der Waals surface area contributed by atoms with E-state index in [0.717, 1.165) is 6.42 Å². The zero-order chi connectivity index (χ0) is 14.0. The van der Waals surface area contributed by atoms with Crippen molar-refractivity contribution in [2.24, 2.45) is 5.41 Å². The first-order valence-corrected chi connectivity index (χ1v) is 6.57. The van der Waals surface area contributed by atoms with E-state index in [1.807, 2.05) is 6.92 Å². The number of furan rings is 1. The van der Waals surface area contributed by atoms with E-state index in [1.54, 1.807) is 24.0 Å². The number of amides is 1. The van der Waals surface area contributed by atoms with Crippen LogP contribution in [0.1, 0.15) is 42.5 Å². The van der Waals surface area contributed by atoms with Gasteiger partial charge in [-0.25, -0.2) is 0 Å². The van der Waals surface area contributed by atoms with Gasteiger partial charge < -0.3 is 14.4 Å². The number of aryl methyl sites for hydroxylation is 1. The summed E-state index contributed by atoms with van der Waals surface area (Å²) in [4.78, 5) is 25.3. The topological polar surface area (TPSA) is 70.8 Å². The van der Waals surface area contributed by atoms with E-state index < -0.39 is 11.4 Å². The summed E-state index contributed by atoms with van der Waals surface area (Å²) in [5.41, 5.74) is -0.786. The quantitative estimate of drug-likeness (QED) is 0.906. The van der Waals surface area contributed by atoms with Crippen molar-refractivity contribution in [2.75, 3.05) is 13.1 Å². The van der Waals surface area contributed by atoms with E-state index in [2.05, 4.69) is 0 Å². The minimum Gasteiger partial charge on any atom is -0.481 e. The molecule has 1 fully saturated rings. The third-order valence-electron chi connectivity index (χ3n) is 3.77. The summed E-state index contributed by atoms with van der Waals surface area (Å²) in [5.74, 6) is -0.0524. The van der Waals surface area contributed by atoms with Gasteiger partial charge in [0.05, 0.1) is 5.41 Å². The molecule has 0 saturated carbocycles. The molecular weight excluding hydrogens is 246 g/mol. The van der Waals surface area contributed by atoms with Crippen molar-refractivity contribution < 1.29 is 19.1 Å². The Morgan fingerprint density at radius 2 is 2.21 bits per heavy atom. The van der Waals surface area contributed by atoms with Crippen LogP contribution in [0.2, 0.25) is 0 Å². The Hall–Kier alpha value is -1.78. The zero-order valence-electron chi connectivity index (χ0n) is 11.3. The lowest BCUT2D eigenvalue weighted by molar-refractivity contribution is -0.148. The maximum absolute atomic E-state index is 12.2. The molecule has 1 N–H and O–H groups in total. The fraction of sp³-hybridized carbons (Fsp3) is 0.571. The summed E-state index contributed by atoms with van der Waals surface area (Å²) in [5, 5.41) is 9.41. The maximum atomic E-state index is 12.2. The van der Waals surface area contributed by atoms with Gasteiger partial charge in [0.25, 0.3) is 5.91 Å². The van der Waals surface area contributed by atoms with Gasteiger partial charge in [-0.2, -0.15) is 0 Å². The van der Waals surface area contributed by atoms with Crippen molar-refractivity contribution in [1.82, 2.24) is 4.90 Å². The number of hydrogen-bond donors (Lipinski definition) is 1. The Bertz CT molecular complexity index is 493. The van der Waals surface area contributed by atoms with E-state index in [0.29, 0.717) is 25.1 Å². The highest BCUT2D eigenvalue weighted by atomic mass is 16.4. The molecule has 5 nitrogen and oxygen atoms in total. The second kappa shape index (κ2) is 5.07. The van der Waals surface area contributed by atoms with Crippen LogP contribution in [0.3, 0.4) is 0 Å². The van der Waals surface area contributed by atoms with Gasteiger partial charge in [0.1, 0.15) is 5.76 Å². The van der Waals surface area contributed by atoms with Gasteiger partial charge in [-0.1, -0.05) is 13.3 Å². The van der Waals surface area contributed by atoms with Crippen molar-refractivity contribution in [2.45, 2.75) is 33.1 Å². The minimum absolute atomic E-state index is 0.215. The Morgan fingerprint density at radius 1 is 1.47 bits per heavy atom. The summed E-state index contributed by atoms with van der Waals surface area (Å²) in [6, 6.07) is 3.37. The highest BCUT2D eigenvalue weighted by Crippen LogP contribution is 2.36. The molecule has 1 aromatic rings. The van der Waals surface area contributed by atoms with Crippen LogP contribution in [0.4, 0.5) is 0 Å². The third-order valence-corrected chi connectivity index (χ3v) is 3.77. The standard InChI is InChI=1S/C14H19NO4/c1-3-6-14(13(17)18)7-8-15(9-14)12(16)11-5-4-10(2)19-11/h4-5H,3,6-9H2,1-2H3,(H,17,18). The molecule has 1 aliphatic heterocycles. The van der Waals surface area contributed by atoms with E-state index >= 15 is 0 Å². The molecule has 0 aliphatic carbocycles. The van der Waals surface area contributed by atoms with Crippen molar-refractivity contribution >= 4 is 11.9 Å². The Kier molecular flexibility index (Phi) is 3.64. The Labute approximate surface area is 112 Å². The number of nitrogens with zero attached hydrogens (tertiary/aromatic N) is 1. The molecule has 1 aliphatic rings. The molecule has 19 heavy (non-hydrogen) atoms. The molecule has 0 radical (unpaired) electrons. The summed E-state index contributed by atoms with van der Waals surface area (Å²) < 4.78 is 5.31. The van der Waals surface area contributed by atoms with E-state index in [1.165, 1.54) is 0 Å². The number of aliphatic carboxylic acids is 1. The minimum atomic E-state index is -0.805. The van der Waals surface area contributed by atoms with Gasteiger partial charge in [0, 0.05) is 13.1 Å². The lowest BCUT2D eigenvalue weighted by atomic mass is 9.83. The molecule has 1 unspecified atom stereocenters. The van der Waals surface area contributed by atoms with Gasteiger partial charge in [-0.15, -0.1) is 0 Å². The maximum Gasteiger partial charge on any atom is 0.311 e. The average molecular weight is 265 g/mol. The molecule has 0 aromatic carbocycles. The second-order valence-electron chi connectivity index (χ2n) is 5.22. The number of carboxylic acids is 1. The fourth-order valence-electron chi connectivity index (χ4n) is 2.72. The predicted molar refractivity (Wildman–Crippen MR) is 68.9 cm³/mol. The molecule has 0 bridgehead atoms. The van der Waals surface area contributed by atoms with Crippen molar-refractivity contribution in [3.8, 4) is 0 Å². The van der Waals surface area contributed by atoms with E-state index in [-0.39, 0.29) is 18.2 Å². The Morgan fingerprint density at radius 3 is 2.74 bits per heavy atom. The van der Waals surface area contributed by atoms with Gasteiger partial charge >= 0.3 is 5.97 Å². The number of rotatable bonds is 4. The van der Waals surface area contributed by atoms with Crippen LogP contribution in [-0.2, 0) is 4.79 Å². The number of carbonyl (C=O) groups is 2. The number of carboxylic acid groups (broad SMARTS) is 1. The van der Waals surface area contributed by atoms with Crippen LogP contribution in [-0.4, -0.2) is 35.0 Å². The first-order chi connectivity index (χ1) is 8.98. The molecule has 1 amide bonds. The highest BCUT2D eigenvalue weighted by molar-refractivity contribution is 5.92. The van der Waals surface area contributed by atoms with Crippen LogP contribution in [0.25, 0.3) is 0 Å². The lowest BCUT2D eigenvalue weighted by Crippen LogP contribution is -2.36. The highest BCUT2D eigenvalue weighted by Gasteiger charge is 2.45. The first kappa shape index (κ1) is 13.6. The number of likely N-dealkylation sites (tertiary alicyclic amines) is 1. The smallest absolute Gasteiger partial charge is 0.311 e. The van der Waals surface area contributed by atoms with Gasteiger partial charge in [-0.05, 0) is 31.9 Å². The van der Waals surface area contributed by atoms with E-state index in [9.17, 15) is 14.7 Å². The fourth-order valence-corrected chi connectivity index (χ4v) is 2.72. The van der Waals surface area contributed by atoms with Crippen LogP contribution >= 0.6 is 0 Å². The zero-order valence-corrected chi connectivity index (χ0v) is 11.3. The largest absolute Gasteiger partial charge is 0.481 e.